The maximum absolute atomic E-state index is 12.3. The molecule has 120 valence electrons. The van der Waals surface area contributed by atoms with E-state index in [9.17, 15) is 9.59 Å². The summed E-state index contributed by atoms with van der Waals surface area (Å²) in [5.41, 5.74) is 1.95. The molecule has 1 saturated heterocycles. The van der Waals surface area contributed by atoms with Crippen molar-refractivity contribution in [1.82, 2.24) is 4.90 Å². The van der Waals surface area contributed by atoms with Crippen LogP contribution in [0.1, 0.15) is 25.3 Å². The Labute approximate surface area is 132 Å². The summed E-state index contributed by atoms with van der Waals surface area (Å²) < 4.78 is 0. The van der Waals surface area contributed by atoms with E-state index in [1.165, 1.54) is 0 Å². The summed E-state index contributed by atoms with van der Waals surface area (Å²) >= 11 is 0. The molecule has 1 aliphatic rings. The van der Waals surface area contributed by atoms with Crippen molar-refractivity contribution in [1.29, 1.82) is 0 Å². The third kappa shape index (κ3) is 4.31. The van der Waals surface area contributed by atoms with Gasteiger partial charge in [-0.25, -0.2) is 0 Å². The van der Waals surface area contributed by atoms with Gasteiger partial charge >= 0.3 is 0 Å². The van der Waals surface area contributed by atoms with Gasteiger partial charge in [0, 0.05) is 18.8 Å². The van der Waals surface area contributed by atoms with Crippen molar-refractivity contribution in [3.63, 3.8) is 0 Å². The van der Waals surface area contributed by atoms with Crippen molar-refractivity contribution in [2.24, 2.45) is 0 Å². The molecule has 2 atom stereocenters. The zero-order chi connectivity index (χ0) is 16.1. The van der Waals surface area contributed by atoms with E-state index in [1.54, 1.807) is 0 Å². The third-order valence-corrected chi connectivity index (χ3v) is 4.30. The van der Waals surface area contributed by atoms with Crippen molar-refractivity contribution < 1.29 is 14.5 Å². The van der Waals surface area contributed by atoms with Crippen LogP contribution in [-0.4, -0.2) is 49.4 Å². The minimum atomic E-state index is -0.193. The van der Waals surface area contributed by atoms with Gasteiger partial charge in [-0.15, -0.1) is 0 Å². The van der Waals surface area contributed by atoms with E-state index in [0.717, 1.165) is 42.1 Å². The van der Waals surface area contributed by atoms with E-state index in [1.807, 2.05) is 50.1 Å². The van der Waals surface area contributed by atoms with Gasteiger partial charge in [-0.05, 0) is 38.8 Å². The molecule has 2 amide bonds. The molecule has 0 aliphatic carbocycles. The number of aryl methyl sites for hydroxylation is 1. The maximum Gasteiger partial charge on any atom is 0.280 e. The molecule has 0 aromatic heterocycles. The number of amides is 2. The van der Waals surface area contributed by atoms with E-state index < -0.39 is 0 Å². The molecular formula is C17H26N3O2+. The van der Waals surface area contributed by atoms with Gasteiger partial charge in [0.25, 0.3) is 11.8 Å². The lowest BCUT2D eigenvalue weighted by Crippen LogP contribution is -3.15. The second-order valence-electron chi connectivity index (χ2n) is 6.19. The number of rotatable bonds is 5. The minimum absolute atomic E-state index is 0.0672. The highest BCUT2D eigenvalue weighted by molar-refractivity contribution is 5.91. The first-order valence-corrected chi connectivity index (χ1v) is 7.95. The first kappa shape index (κ1) is 16.5. The van der Waals surface area contributed by atoms with Crippen LogP contribution >= 0.6 is 0 Å². The van der Waals surface area contributed by atoms with Gasteiger partial charge in [0.1, 0.15) is 0 Å². The molecule has 1 heterocycles. The second-order valence-corrected chi connectivity index (χ2v) is 6.19. The van der Waals surface area contributed by atoms with Crippen molar-refractivity contribution in [2.75, 3.05) is 32.0 Å². The first-order valence-electron chi connectivity index (χ1n) is 7.95. The summed E-state index contributed by atoms with van der Waals surface area (Å²) in [5, 5.41) is 2.88. The Morgan fingerprint density at radius 1 is 1.23 bits per heavy atom. The Kier molecular flexibility index (Phi) is 5.55. The summed E-state index contributed by atoms with van der Waals surface area (Å²) in [6, 6.07) is 7.52. The smallest absolute Gasteiger partial charge is 0.280 e. The van der Waals surface area contributed by atoms with Crippen molar-refractivity contribution in [3.8, 4) is 0 Å². The van der Waals surface area contributed by atoms with Crippen molar-refractivity contribution >= 4 is 17.5 Å². The Balaban J connectivity index is 1.84. The fourth-order valence-corrected chi connectivity index (χ4v) is 2.67. The summed E-state index contributed by atoms with van der Waals surface area (Å²) in [6.07, 6.45) is 2.18. The minimum Gasteiger partial charge on any atom is -0.338 e. The Bertz CT molecular complexity index is 521. The SMILES string of the molecule is Cc1ccc(NC(=O)C[NH+](C)[C@H](C)C(=O)N2CCCC2)cc1. The number of benzene rings is 1. The van der Waals surface area contributed by atoms with E-state index in [-0.39, 0.29) is 24.4 Å². The molecule has 2 N–H and O–H groups in total. The molecule has 0 saturated carbocycles. The maximum atomic E-state index is 12.3. The van der Waals surface area contributed by atoms with Crippen molar-refractivity contribution in [2.45, 2.75) is 32.7 Å². The molecule has 0 bridgehead atoms. The monoisotopic (exact) mass is 304 g/mol. The Morgan fingerprint density at radius 2 is 1.82 bits per heavy atom. The summed E-state index contributed by atoms with van der Waals surface area (Å²) in [5.74, 6) is 0.0839. The molecule has 1 aromatic carbocycles. The van der Waals surface area contributed by atoms with Gasteiger partial charge in [0.05, 0.1) is 7.05 Å². The molecule has 1 aliphatic heterocycles. The highest BCUT2D eigenvalue weighted by atomic mass is 16.2. The fourth-order valence-electron chi connectivity index (χ4n) is 2.67. The summed E-state index contributed by atoms with van der Waals surface area (Å²) in [7, 11) is 1.90. The first-order chi connectivity index (χ1) is 10.5. The number of carbonyl (C=O) groups is 2. The molecule has 0 radical (unpaired) electrons. The van der Waals surface area contributed by atoms with Crippen LogP contribution in [0, 0.1) is 6.92 Å². The van der Waals surface area contributed by atoms with Gasteiger partial charge in [0.15, 0.2) is 12.6 Å². The Hall–Kier alpha value is -1.88. The van der Waals surface area contributed by atoms with Crippen LogP contribution in [-0.2, 0) is 9.59 Å². The molecular weight excluding hydrogens is 278 g/mol. The predicted octanol–water partition coefficient (Wildman–Crippen LogP) is 0.459. The Morgan fingerprint density at radius 3 is 2.41 bits per heavy atom. The van der Waals surface area contributed by atoms with Crippen LogP contribution in [0.5, 0.6) is 0 Å². The molecule has 1 unspecified atom stereocenters. The predicted molar refractivity (Wildman–Crippen MR) is 86.8 cm³/mol. The van der Waals surface area contributed by atoms with Crippen molar-refractivity contribution in [3.05, 3.63) is 29.8 Å². The average Bonchev–Trinajstić information content (AvgIpc) is 3.02. The van der Waals surface area contributed by atoms with Crippen LogP contribution in [0.15, 0.2) is 24.3 Å². The topological polar surface area (TPSA) is 53.9 Å². The van der Waals surface area contributed by atoms with E-state index in [2.05, 4.69) is 5.32 Å². The van der Waals surface area contributed by atoms with Gasteiger partial charge in [-0.1, -0.05) is 17.7 Å². The molecule has 0 spiro atoms. The third-order valence-electron chi connectivity index (χ3n) is 4.30. The van der Waals surface area contributed by atoms with Gasteiger partial charge in [-0.3, -0.25) is 9.59 Å². The number of hydrogen-bond acceptors (Lipinski definition) is 2. The number of likely N-dealkylation sites (tertiary alicyclic amines) is 1. The molecule has 5 heteroatoms. The van der Waals surface area contributed by atoms with Crippen LogP contribution in [0.3, 0.4) is 0 Å². The van der Waals surface area contributed by atoms with Gasteiger partial charge in [0.2, 0.25) is 0 Å². The van der Waals surface area contributed by atoms with Gasteiger partial charge in [-0.2, -0.15) is 0 Å². The normalized spacial score (nSPS) is 17.1. The number of likely N-dealkylation sites (N-methyl/N-ethyl adjacent to an activating group) is 1. The highest BCUT2D eigenvalue weighted by Gasteiger charge is 2.29. The number of hydrogen-bond donors (Lipinski definition) is 2. The average molecular weight is 304 g/mol. The van der Waals surface area contributed by atoms with Crippen LogP contribution in [0.2, 0.25) is 0 Å². The zero-order valence-corrected chi connectivity index (χ0v) is 13.7. The highest BCUT2D eigenvalue weighted by Crippen LogP contribution is 2.09. The molecule has 1 fully saturated rings. The molecule has 5 nitrogen and oxygen atoms in total. The lowest BCUT2D eigenvalue weighted by atomic mass is 10.2. The lowest BCUT2D eigenvalue weighted by molar-refractivity contribution is -0.886. The van der Waals surface area contributed by atoms with E-state index in [0.29, 0.717) is 0 Å². The second kappa shape index (κ2) is 7.40. The fraction of sp³-hybridized carbons (Fsp3) is 0.529. The summed E-state index contributed by atoms with van der Waals surface area (Å²) in [6.45, 7) is 5.90. The van der Waals surface area contributed by atoms with Crippen LogP contribution < -0.4 is 10.2 Å². The van der Waals surface area contributed by atoms with E-state index in [4.69, 9.17) is 0 Å². The number of carbonyl (C=O) groups excluding carboxylic acids is 2. The van der Waals surface area contributed by atoms with Gasteiger partial charge < -0.3 is 15.1 Å². The van der Waals surface area contributed by atoms with Crippen LogP contribution in [0.4, 0.5) is 5.69 Å². The number of nitrogens with one attached hydrogen (secondary N) is 2. The lowest BCUT2D eigenvalue weighted by Gasteiger charge is -2.24. The molecule has 22 heavy (non-hydrogen) atoms. The summed E-state index contributed by atoms with van der Waals surface area (Å²) in [4.78, 5) is 27.3. The van der Waals surface area contributed by atoms with Crippen LogP contribution in [0.25, 0.3) is 0 Å². The largest absolute Gasteiger partial charge is 0.338 e. The molecule has 1 aromatic rings. The number of quaternary nitrogens is 1. The quantitative estimate of drug-likeness (QED) is 0.830. The van der Waals surface area contributed by atoms with E-state index >= 15 is 0 Å². The molecule has 2 rings (SSSR count). The zero-order valence-electron chi connectivity index (χ0n) is 13.7. The standard InChI is InChI=1S/C17H25N3O2/c1-13-6-8-15(9-7-13)18-16(21)12-19(3)14(2)17(22)20-10-4-5-11-20/h6-9,14H,4-5,10-12H2,1-3H3,(H,18,21)/p+1/t14-/m1/s1. The number of anilines is 1. The number of nitrogens with zero attached hydrogens (tertiary/aromatic N) is 1.